The molecule has 0 fully saturated rings. The van der Waals surface area contributed by atoms with Gasteiger partial charge in [-0.2, -0.15) is 0 Å². The van der Waals surface area contributed by atoms with Gasteiger partial charge in [-0.25, -0.2) is 9.78 Å². The van der Waals surface area contributed by atoms with E-state index in [0.717, 1.165) is 22.7 Å². The molecule has 2 amide bonds. The summed E-state index contributed by atoms with van der Waals surface area (Å²) in [6.07, 6.45) is 0.654. The summed E-state index contributed by atoms with van der Waals surface area (Å²) in [6, 6.07) is 9.24. The first-order valence-corrected chi connectivity index (χ1v) is 9.13. The molecule has 0 aliphatic carbocycles. The molecular formula is C18H25N3O2S. The summed E-state index contributed by atoms with van der Waals surface area (Å²) < 4.78 is 0. The molecule has 0 radical (unpaired) electrons. The van der Waals surface area contributed by atoms with Crippen molar-refractivity contribution >= 4 is 17.4 Å². The number of thiazole rings is 1. The van der Waals surface area contributed by atoms with Crippen LogP contribution in [-0.4, -0.2) is 29.2 Å². The predicted molar refractivity (Wildman–Crippen MR) is 97.3 cm³/mol. The van der Waals surface area contributed by atoms with E-state index in [9.17, 15) is 9.90 Å². The molecular weight excluding hydrogens is 322 g/mol. The van der Waals surface area contributed by atoms with Crippen molar-refractivity contribution in [3.8, 4) is 0 Å². The standard InChI is InChI=1S/C18H25N3O2S/c1-13(2)17-21-15(12-24-17)8-10-19-18(23)20-11-9-16(22)14-6-4-3-5-7-14/h3-7,12-13,16,22H,8-11H2,1-2H3,(H2,19,20,23). The highest BCUT2D eigenvalue weighted by Crippen LogP contribution is 2.19. The minimum atomic E-state index is -0.559. The molecule has 0 spiro atoms. The van der Waals surface area contributed by atoms with Crippen molar-refractivity contribution in [3.05, 3.63) is 52.0 Å². The minimum Gasteiger partial charge on any atom is -0.388 e. The number of carbonyl (C=O) groups is 1. The summed E-state index contributed by atoms with van der Waals surface area (Å²) in [6.45, 7) is 5.22. The van der Waals surface area contributed by atoms with Crippen molar-refractivity contribution in [2.24, 2.45) is 0 Å². The number of aliphatic hydroxyl groups is 1. The van der Waals surface area contributed by atoms with E-state index in [4.69, 9.17) is 0 Å². The highest BCUT2D eigenvalue weighted by atomic mass is 32.1. The Labute approximate surface area is 147 Å². The van der Waals surface area contributed by atoms with E-state index in [2.05, 4.69) is 29.5 Å². The third-order valence-electron chi connectivity index (χ3n) is 3.62. The summed E-state index contributed by atoms with van der Waals surface area (Å²) in [5.74, 6) is 0.441. The zero-order valence-electron chi connectivity index (χ0n) is 14.2. The monoisotopic (exact) mass is 347 g/mol. The summed E-state index contributed by atoms with van der Waals surface area (Å²) in [7, 11) is 0. The molecule has 3 N–H and O–H groups in total. The average molecular weight is 347 g/mol. The zero-order chi connectivity index (χ0) is 17.4. The molecule has 1 atom stereocenters. The fourth-order valence-electron chi connectivity index (χ4n) is 2.23. The topological polar surface area (TPSA) is 74.2 Å². The number of hydrogen-bond donors (Lipinski definition) is 3. The number of nitrogens with zero attached hydrogens (tertiary/aromatic N) is 1. The number of aromatic nitrogens is 1. The van der Waals surface area contributed by atoms with Gasteiger partial charge in [0.05, 0.1) is 16.8 Å². The van der Waals surface area contributed by atoms with Gasteiger partial charge in [-0.3, -0.25) is 0 Å². The molecule has 6 heteroatoms. The molecule has 2 aromatic rings. The van der Waals surface area contributed by atoms with Gasteiger partial charge in [-0.15, -0.1) is 11.3 Å². The molecule has 2 rings (SSSR count). The summed E-state index contributed by atoms with van der Waals surface area (Å²) >= 11 is 1.66. The van der Waals surface area contributed by atoms with Crippen molar-refractivity contribution < 1.29 is 9.90 Å². The first-order chi connectivity index (χ1) is 11.6. The second-order valence-electron chi connectivity index (χ2n) is 5.98. The molecule has 0 saturated carbocycles. The van der Waals surface area contributed by atoms with Crippen LogP contribution in [0.15, 0.2) is 35.7 Å². The van der Waals surface area contributed by atoms with Gasteiger partial charge in [-0.05, 0) is 12.0 Å². The Morgan fingerprint density at radius 2 is 1.92 bits per heavy atom. The quantitative estimate of drug-likeness (QED) is 0.686. The molecule has 1 unspecified atom stereocenters. The van der Waals surface area contributed by atoms with Crippen LogP contribution in [0, 0.1) is 0 Å². The Kier molecular flexibility index (Phi) is 7.21. The van der Waals surface area contributed by atoms with Crippen LogP contribution in [-0.2, 0) is 6.42 Å². The SMILES string of the molecule is CC(C)c1nc(CCNC(=O)NCCC(O)c2ccccc2)cs1. The maximum Gasteiger partial charge on any atom is 0.314 e. The van der Waals surface area contributed by atoms with Crippen LogP contribution in [0.2, 0.25) is 0 Å². The maximum atomic E-state index is 11.7. The number of nitrogens with one attached hydrogen (secondary N) is 2. The fraction of sp³-hybridized carbons (Fsp3) is 0.444. The Morgan fingerprint density at radius 3 is 2.58 bits per heavy atom. The normalized spacial score (nSPS) is 12.2. The zero-order valence-corrected chi connectivity index (χ0v) is 15.0. The van der Waals surface area contributed by atoms with E-state index in [1.54, 1.807) is 11.3 Å². The second-order valence-corrected chi connectivity index (χ2v) is 6.87. The first-order valence-electron chi connectivity index (χ1n) is 8.25. The van der Waals surface area contributed by atoms with Gasteiger partial charge in [-0.1, -0.05) is 44.2 Å². The van der Waals surface area contributed by atoms with Crippen LogP contribution in [0.3, 0.4) is 0 Å². The third-order valence-corrected chi connectivity index (χ3v) is 4.81. The molecule has 1 aromatic heterocycles. The van der Waals surface area contributed by atoms with Crippen molar-refractivity contribution in [3.63, 3.8) is 0 Å². The number of hydrogen-bond acceptors (Lipinski definition) is 4. The molecule has 0 saturated heterocycles. The van der Waals surface area contributed by atoms with Crippen molar-refractivity contribution in [1.29, 1.82) is 0 Å². The van der Waals surface area contributed by atoms with Crippen LogP contribution in [0.25, 0.3) is 0 Å². The number of urea groups is 1. The van der Waals surface area contributed by atoms with Gasteiger partial charge in [0.15, 0.2) is 0 Å². The first kappa shape index (κ1) is 18.4. The summed E-state index contributed by atoms with van der Waals surface area (Å²) in [4.78, 5) is 16.3. The Morgan fingerprint density at radius 1 is 1.21 bits per heavy atom. The van der Waals surface area contributed by atoms with Gasteiger partial charge in [0.1, 0.15) is 0 Å². The van der Waals surface area contributed by atoms with Gasteiger partial charge < -0.3 is 15.7 Å². The molecule has 0 aliphatic heterocycles. The van der Waals surface area contributed by atoms with Crippen LogP contribution >= 0.6 is 11.3 Å². The highest BCUT2D eigenvalue weighted by molar-refractivity contribution is 7.09. The van der Waals surface area contributed by atoms with E-state index in [1.807, 2.05) is 35.7 Å². The van der Waals surface area contributed by atoms with E-state index in [0.29, 0.717) is 25.4 Å². The van der Waals surface area contributed by atoms with Crippen LogP contribution in [0.5, 0.6) is 0 Å². The Bertz CT molecular complexity index is 628. The second kappa shape index (κ2) is 9.39. The fourth-order valence-corrected chi connectivity index (χ4v) is 3.10. The van der Waals surface area contributed by atoms with Gasteiger partial charge >= 0.3 is 6.03 Å². The Balaban J connectivity index is 1.61. The predicted octanol–water partition coefficient (Wildman–Crippen LogP) is 3.23. The largest absolute Gasteiger partial charge is 0.388 e. The third kappa shape index (κ3) is 5.94. The van der Waals surface area contributed by atoms with E-state index in [-0.39, 0.29) is 6.03 Å². The van der Waals surface area contributed by atoms with Gasteiger partial charge in [0.25, 0.3) is 0 Å². The van der Waals surface area contributed by atoms with Gasteiger partial charge in [0, 0.05) is 30.8 Å². The Hall–Kier alpha value is -1.92. The average Bonchev–Trinajstić information content (AvgIpc) is 3.05. The molecule has 0 bridgehead atoms. The van der Waals surface area contributed by atoms with Crippen molar-refractivity contribution in [2.45, 2.75) is 38.7 Å². The van der Waals surface area contributed by atoms with Crippen LogP contribution < -0.4 is 10.6 Å². The summed E-state index contributed by atoms with van der Waals surface area (Å²) in [5.41, 5.74) is 1.88. The van der Waals surface area contributed by atoms with E-state index < -0.39 is 6.10 Å². The molecule has 130 valence electrons. The molecule has 1 heterocycles. The van der Waals surface area contributed by atoms with E-state index in [1.165, 1.54) is 0 Å². The van der Waals surface area contributed by atoms with Crippen molar-refractivity contribution in [1.82, 2.24) is 15.6 Å². The number of rotatable bonds is 8. The number of benzene rings is 1. The maximum absolute atomic E-state index is 11.7. The summed E-state index contributed by atoms with van der Waals surface area (Å²) in [5, 5.41) is 18.8. The lowest BCUT2D eigenvalue weighted by Gasteiger charge is -2.12. The lowest BCUT2D eigenvalue weighted by molar-refractivity contribution is 0.167. The smallest absolute Gasteiger partial charge is 0.314 e. The van der Waals surface area contributed by atoms with Gasteiger partial charge in [0.2, 0.25) is 0 Å². The molecule has 1 aromatic carbocycles. The molecule has 24 heavy (non-hydrogen) atoms. The molecule has 5 nitrogen and oxygen atoms in total. The number of amides is 2. The minimum absolute atomic E-state index is 0.213. The van der Waals surface area contributed by atoms with Crippen LogP contribution in [0.1, 0.15) is 48.6 Å². The number of carbonyl (C=O) groups excluding carboxylic acids is 1. The molecule has 0 aliphatic rings. The highest BCUT2D eigenvalue weighted by Gasteiger charge is 2.08. The van der Waals surface area contributed by atoms with Crippen molar-refractivity contribution in [2.75, 3.05) is 13.1 Å². The lowest BCUT2D eigenvalue weighted by atomic mass is 10.1. The number of aliphatic hydroxyl groups excluding tert-OH is 1. The van der Waals surface area contributed by atoms with E-state index >= 15 is 0 Å². The van der Waals surface area contributed by atoms with Crippen LogP contribution in [0.4, 0.5) is 4.79 Å². The lowest BCUT2D eigenvalue weighted by Crippen LogP contribution is -2.37.